The number of ether oxygens (including phenoxy) is 2. The van der Waals surface area contributed by atoms with Crippen LogP contribution < -0.4 is 9.47 Å². The zero-order valence-corrected chi connectivity index (χ0v) is 15.8. The maximum Gasteiger partial charge on any atom is 0.202 e. The minimum atomic E-state index is -0.0653. The summed E-state index contributed by atoms with van der Waals surface area (Å²) in [6.45, 7) is 0.896. The molecule has 0 saturated heterocycles. The van der Waals surface area contributed by atoms with E-state index in [1.165, 1.54) is 0 Å². The Morgan fingerprint density at radius 2 is 1.23 bits per heavy atom. The van der Waals surface area contributed by atoms with Gasteiger partial charge in [-0.15, -0.1) is 0 Å². The van der Waals surface area contributed by atoms with Gasteiger partial charge in [0.1, 0.15) is 13.2 Å². The molecule has 0 N–H and O–H groups in total. The standard InChI is InChI=1S/C22H19BrO3/c23-22(24)14-19-11-12-20(25-15-17-7-3-1-4-8-17)21(13-19)26-16-18-9-5-2-6-10-18/h1-13H,14-16H2. The molecule has 0 bridgehead atoms. The van der Waals surface area contributed by atoms with Crippen molar-refractivity contribution < 1.29 is 14.3 Å². The fraction of sp³-hybridized carbons (Fsp3) is 0.136. The lowest BCUT2D eigenvalue weighted by molar-refractivity contribution is -0.109. The highest BCUT2D eigenvalue weighted by molar-refractivity contribution is 9.18. The van der Waals surface area contributed by atoms with Crippen molar-refractivity contribution in [3.8, 4) is 11.5 Å². The molecule has 0 aromatic heterocycles. The molecular formula is C22H19BrO3. The van der Waals surface area contributed by atoms with Gasteiger partial charge in [0, 0.05) is 6.42 Å². The third-order valence-corrected chi connectivity index (χ3v) is 4.11. The van der Waals surface area contributed by atoms with Crippen LogP contribution in [0.5, 0.6) is 11.5 Å². The fourth-order valence-corrected chi connectivity index (χ4v) is 2.85. The van der Waals surface area contributed by atoms with Gasteiger partial charge in [0.25, 0.3) is 0 Å². The highest BCUT2D eigenvalue weighted by Gasteiger charge is 2.09. The molecule has 0 unspecified atom stereocenters. The lowest BCUT2D eigenvalue weighted by Crippen LogP contribution is -2.02. The normalized spacial score (nSPS) is 10.3. The second kappa shape index (κ2) is 9.20. The monoisotopic (exact) mass is 410 g/mol. The second-order valence-electron chi connectivity index (χ2n) is 5.86. The number of hydrogen-bond acceptors (Lipinski definition) is 3. The lowest BCUT2D eigenvalue weighted by atomic mass is 10.1. The highest BCUT2D eigenvalue weighted by atomic mass is 79.9. The van der Waals surface area contributed by atoms with Gasteiger partial charge in [-0.2, -0.15) is 0 Å². The predicted octanol–water partition coefficient (Wildman–Crippen LogP) is 5.31. The van der Waals surface area contributed by atoms with Crippen LogP contribution in [0.2, 0.25) is 0 Å². The van der Waals surface area contributed by atoms with E-state index < -0.39 is 0 Å². The number of benzene rings is 3. The molecule has 0 fully saturated rings. The Kier molecular flexibility index (Phi) is 6.45. The van der Waals surface area contributed by atoms with E-state index in [-0.39, 0.29) is 4.69 Å². The summed E-state index contributed by atoms with van der Waals surface area (Å²) in [6.07, 6.45) is 0.306. The lowest BCUT2D eigenvalue weighted by Gasteiger charge is -2.14. The summed E-state index contributed by atoms with van der Waals surface area (Å²) in [5.74, 6) is 1.30. The summed E-state index contributed by atoms with van der Waals surface area (Å²) in [4.78, 5) is 11.3. The third kappa shape index (κ3) is 5.46. The van der Waals surface area contributed by atoms with Crippen molar-refractivity contribution in [2.24, 2.45) is 0 Å². The van der Waals surface area contributed by atoms with Crippen LogP contribution >= 0.6 is 15.9 Å². The highest BCUT2D eigenvalue weighted by Crippen LogP contribution is 2.30. The zero-order valence-electron chi connectivity index (χ0n) is 14.2. The maximum atomic E-state index is 11.3. The van der Waals surface area contributed by atoms with E-state index in [2.05, 4.69) is 15.9 Å². The molecule has 3 aromatic rings. The van der Waals surface area contributed by atoms with E-state index in [0.717, 1.165) is 16.7 Å². The number of rotatable bonds is 8. The molecule has 0 atom stereocenters. The van der Waals surface area contributed by atoms with Crippen LogP contribution in [0.3, 0.4) is 0 Å². The van der Waals surface area contributed by atoms with E-state index in [1.54, 1.807) is 0 Å². The summed E-state index contributed by atoms with van der Waals surface area (Å²) >= 11 is 2.98. The molecule has 3 nitrogen and oxygen atoms in total. The van der Waals surface area contributed by atoms with Gasteiger partial charge in [-0.1, -0.05) is 66.7 Å². The predicted molar refractivity (Wildman–Crippen MR) is 106 cm³/mol. The van der Waals surface area contributed by atoms with Crippen molar-refractivity contribution in [2.45, 2.75) is 19.6 Å². The Hall–Kier alpha value is -2.59. The third-order valence-electron chi connectivity index (χ3n) is 3.83. The SMILES string of the molecule is O=C(Br)Cc1ccc(OCc2ccccc2)c(OCc2ccccc2)c1. The van der Waals surface area contributed by atoms with Crippen molar-refractivity contribution in [3.63, 3.8) is 0 Å². The molecule has 0 spiro atoms. The molecule has 0 aliphatic carbocycles. The smallest absolute Gasteiger partial charge is 0.202 e. The number of carbonyl (C=O) groups excluding carboxylic acids is 1. The summed E-state index contributed by atoms with van der Waals surface area (Å²) in [6, 6.07) is 25.5. The van der Waals surface area contributed by atoms with Gasteiger partial charge in [-0.3, -0.25) is 4.79 Å². The van der Waals surface area contributed by atoms with Crippen LogP contribution in [0.1, 0.15) is 16.7 Å². The number of hydrogen-bond donors (Lipinski definition) is 0. The topological polar surface area (TPSA) is 35.5 Å². The largest absolute Gasteiger partial charge is 0.485 e. The number of halogens is 1. The van der Waals surface area contributed by atoms with Gasteiger partial charge in [0.2, 0.25) is 4.69 Å². The van der Waals surface area contributed by atoms with Crippen LogP contribution in [-0.4, -0.2) is 4.69 Å². The van der Waals surface area contributed by atoms with E-state index in [9.17, 15) is 4.79 Å². The molecule has 0 amide bonds. The Morgan fingerprint density at radius 3 is 1.77 bits per heavy atom. The van der Waals surface area contributed by atoms with Crippen LogP contribution in [0.25, 0.3) is 0 Å². The molecular weight excluding hydrogens is 392 g/mol. The molecule has 3 rings (SSSR count). The first-order valence-electron chi connectivity index (χ1n) is 8.35. The van der Waals surface area contributed by atoms with Crippen molar-refractivity contribution in [2.75, 3.05) is 0 Å². The molecule has 3 aromatic carbocycles. The average Bonchev–Trinajstić information content (AvgIpc) is 2.67. The van der Waals surface area contributed by atoms with E-state index in [1.807, 2.05) is 78.9 Å². The summed E-state index contributed by atoms with van der Waals surface area (Å²) < 4.78 is 11.9. The van der Waals surface area contributed by atoms with Crippen LogP contribution in [0, 0.1) is 0 Å². The van der Waals surface area contributed by atoms with Crippen LogP contribution in [0.4, 0.5) is 0 Å². The molecule has 0 radical (unpaired) electrons. The Morgan fingerprint density at radius 1 is 0.692 bits per heavy atom. The van der Waals surface area contributed by atoms with Crippen LogP contribution in [0.15, 0.2) is 78.9 Å². The average molecular weight is 411 g/mol. The maximum absolute atomic E-state index is 11.3. The van der Waals surface area contributed by atoms with E-state index >= 15 is 0 Å². The molecule has 0 aliphatic rings. The van der Waals surface area contributed by atoms with Gasteiger partial charge in [-0.05, 0) is 44.8 Å². The van der Waals surface area contributed by atoms with Crippen molar-refractivity contribution in [1.82, 2.24) is 0 Å². The van der Waals surface area contributed by atoms with Gasteiger partial charge < -0.3 is 9.47 Å². The van der Waals surface area contributed by atoms with Crippen molar-refractivity contribution >= 4 is 20.6 Å². The summed E-state index contributed by atoms with van der Waals surface area (Å²) in [5.41, 5.74) is 3.03. The van der Waals surface area contributed by atoms with E-state index in [0.29, 0.717) is 31.1 Å². The first-order chi connectivity index (χ1) is 12.7. The Labute approximate surface area is 161 Å². The fourth-order valence-electron chi connectivity index (χ4n) is 2.53. The van der Waals surface area contributed by atoms with Gasteiger partial charge in [0.05, 0.1) is 0 Å². The molecule has 132 valence electrons. The Balaban J connectivity index is 1.76. The molecule has 0 aliphatic heterocycles. The molecule has 4 heteroatoms. The minimum Gasteiger partial charge on any atom is -0.485 e. The first-order valence-corrected chi connectivity index (χ1v) is 9.15. The molecule has 26 heavy (non-hydrogen) atoms. The minimum absolute atomic E-state index is 0.0653. The van der Waals surface area contributed by atoms with Gasteiger partial charge >= 0.3 is 0 Å². The van der Waals surface area contributed by atoms with Crippen molar-refractivity contribution in [1.29, 1.82) is 0 Å². The van der Waals surface area contributed by atoms with Crippen LogP contribution in [-0.2, 0) is 24.4 Å². The zero-order chi connectivity index (χ0) is 18.2. The summed E-state index contributed by atoms with van der Waals surface area (Å²) in [7, 11) is 0. The quantitative estimate of drug-likeness (QED) is 0.472. The summed E-state index contributed by atoms with van der Waals surface area (Å²) in [5, 5.41) is 0. The van der Waals surface area contributed by atoms with Gasteiger partial charge in [0.15, 0.2) is 11.5 Å². The molecule has 0 saturated carbocycles. The Bertz CT molecular complexity index is 848. The molecule has 0 heterocycles. The second-order valence-corrected chi connectivity index (χ2v) is 6.75. The van der Waals surface area contributed by atoms with Gasteiger partial charge in [-0.25, -0.2) is 0 Å². The van der Waals surface area contributed by atoms with Crippen molar-refractivity contribution in [3.05, 3.63) is 95.6 Å². The van der Waals surface area contributed by atoms with E-state index in [4.69, 9.17) is 9.47 Å². The number of carbonyl (C=O) groups is 1. The first kappa shape index (κ1) is 18.2.